The van der Waals surface area contributed by atoms with Gasteiger partial charge in [0.2, 0.25) is 5.91 Å². The zero-order valence-electron chi connectivity index (χ0n) is 13.5. The zero-order chi connectivity index (χ0) is 17.1. The molecule has 0 aliphatic heterocycles. The third kappa shape index (κ3) is 3.03. The molecular formula is C18H18N2O4. The number of aromatic nitrogens is 1. The maximum atomic E-state index is 12.5. The number of fused-ring (bicyclic) bond motifs is 1. The predicted octanol–water partition coefficient (Wildman–Crippen LogP) is 3.19. The minimum atomic E-state index is -0.701. The summed E-state index contributed by atoms with van der Waals surface area (Å²) in [4.78, 5) is 24.5. The molecule has 1 unspecified atom stereocenters. The Kier molecular flexibility index (Phi) is 4.37. The van der Waals surface area contributed by atoms with Gasteiger partial charge in [0.25, 0.3) is 0 Å². The van der Waals surface area contributed by atoms with Gasteiger partial charge in [-0.2, -0.15) is 0 Å². The number of ether oxygens (including phenoxy) is 1. The normalized spacial score (nSPS) is 12.1. The van der Waals surface area contributed by atoms with Gasteiger partial charge in [-0.1, -0.05) is 12.1 Å². The van der Waals surface area contributed by atoms with Crippen molar-refractivity contribution in [1.82, 2.24) is 4.57 Å². The first kappa shape index (κ1) is 15.9. The maximum absolute atomic E-state index is 12.5. The Morgan fingerprint density at radius 2 is 1.92 bits per heavy atom. The monoisotopic (exact) mass is 326 g/mol. The summed E-state index contributed by atoms with van der Waals surface area (Å²) in [5, 5.41) is 2.80. The predicted molar refractivity (Wildman–Crippen MR) is 91.4 cm³/mol. The molecule has 0 saturated carbocycles. The second-order valence-electron chi connectivity index (χ2n) is 5.33. The summed E-state index contributed by atoms with van der Waals surface area (Å²) in [7, 11) is 0. The molecule has 0 spiro atoms. The van der Waals surface area contributed by atoms with Crippen LogP contribution in [0.15, 0.2) is 57.7 Å². The van der Waals surface area contributed by atoms with Gasteiger partial charge in [0.1, 0.15) is 11.8 Å². The Balaban J connectivity index is 1.81. The molecule has 24 heavy (non-hydrogen) atoms. The van der Waals surface area contributed by atoms with Gasteiger partial charge in [-0.05, 0) is 50.2 Å². The van der Waals surface area contributed by atoms with Crippen molar-refractivity contribution in [3.05, 3.63) is 59.1 Å². The average Bonchev–Trinajstić information content (AvgIpc) is 2.92. The van der Waals surface area contributed by atoms with E-state index in [9.17, 15) is 9.59 Å². The lowest BCUT2D eigenvalue weighted by molar-refractivity contribution is -0.118. The van der Waals surface area contributed by atoms with Crippen LogP contribution in [0.2, 0.25) is 0 Å². The van der Waals surface area contributed by atoms with Crippen LogP contribution in [0.1, 0.15) is 19.9 Å². The van der Waals surface area contributed by atoms with Gasteiger partial charge >= 0.3 is 5.76 Å². The van der Waals surface area contributed by atoms with E-state index in [1.54, 1.807) is 55.5 Å². The van der Waals surface area contributed by atoms with Gasteiger partial charge in [-0.25, -0.2) is 4.79 Å². The third-order valence-electron chi connectivity index (χ3n) is 3.72. The highest BCUT2D eigenvalue weighted by Gasteiger charge is 2.21. The van der Waals surface area contributed by atoms with Crippen LogP contribution in [-0.4, -0.2) is 17.1 Å². The van der Waals surface area contributed by atoms with Crippen molar-refractivity contribution in [3.63, 3.8) is 0 Å². The van der Waals surface area contributed by atoms with E-state index < -0.39 is 11.8 Å². The van der Waals surface area contributed by atoms with Crippen molar-refractivity contribution >= 4 is 22.7 Å². The highest BCUT2D eigenvalue weighted by Crippen LogP contribution is 2.19. The number of oxazole rings is 1. The lowest BCUT2D eigenvalue weighted by atomic mass is 10.2. The molecule has 6 heteroatoms. The van der Waals surface area contributed by atoms with E-state index in [2.05, 4.69) is 5.32 Å². The summed E-state index contributed by atoms with van der Waals surface area (Å²) in [6.45, 7) is 4.15. The van der Waals surface area contributed by atoms with Crippen LogP contribution in [0, 0.1) is 0 Å². The summed E-state index contributed by atoms with van der Waals surface area (Å²) < 4.78 is 11.9. The van der Waals surface area contributed by atoms with E-state index in [4.69, 9.17) is 9.15 Å². The average molecular weight is 326 g/mol. The Hall–Kier alpha value is -3.02. The number of nitrogens with zero attached hydrogens (tertiary/aromatic N) is 1. The molecule has 0 aliphatic rings. The molecule has 1 N–H and O–H groups in total. The number of rotatable bonds is 5. The van der Waals surface area contributed by atoms with E-state index in [0.29, 0.717) is 23.4 Å². The third-order valence-corrected chi connectivity index (χ3v) is 3.72. The summed E-state index contributed by atoms with van der Waals surface area (Å²) >= 11 is 0. The van der Waals surface area contributed by atoms with Crippen molar-refractivity contribution in [1.29, 1.82) is 0 Å². The molecular weight excluding hydrogens is 308 g/mol. The molecule has 1 aromatic heterocycles. The first-order valence-electron chi connectivity index (χ1n) is 7.74. The molecule has 1 amide bonds. The van der Waals surface area contributed by atoms with Gasteiger partial charge in [0.15, 0.2) is 5.58 Å². The number of carbonyl (C=O) groups is 1. The number of carbonyl (C=O) groups excluding carboxylic acids is 1. The fraction of sp³-hybridized carbons (Fsp3) is 0.222. The Bertz CT molecular complexity index is 909. The molecule has 0 aliphatic carbocycles. The van der Waals surface area contributed by atoms with Crippen molar-refractivity contribution in [2.24, 2.45) is 0 Å². The molecule has 1 atom stereocenters. The molecule has 0 fully saturated rings. The van der Waals surface area contributed by atoms with Crippen LogP contribution in [0.25, 0.3) is 11.1 Å². The molecule has 3 aromatic rings. The molecule has 0 radical (unpaired) electrons. The van der Waals surface area contributed by atoms with Gasteiger partial charge in [-0.3, -0.25) is 9.36 Å². The van der Waals surface area contributed by atoms with Crippen LogP contribution in [0.5, 0.6) is 5.75 Å². The quantitative estimate of drug-likeness (QED) is 0.781. The number of para-hydroxylation sites is 2. The SMILES string of the molecule is CCOc1ccc(NC(=O)C(C)n2c(=O)oc3ccccc32)cc1. The number of benzene rings is 2. The minimum absolute atomic E-state index is 0.298. The Morgan fingerprint density at radius 3 is 2.62 bits per heavy atom. The van der Waals surface area contributed by atoms with E-state index >= 15 is 0 Å². The zero-order valence-corrected chi connectivity index (χ0v) is 13.5. The highest BCUT2D eigenvalue weighted by atomic mass is 16.5. The number of hydrogen-bond acceptors (Lipinski definition) is 4. The van der Waals surface area contributed by atoms with E-state index in [1.807, 2.05) is 6.92 Å². The standard InChI is InChI=1S/C18H18N2O4/c1-3-23-14-10-8-13(9-11-14)19-17(21)12(2)20-15-6-4-5-7-16(15)24-18(20)22/h4-12H,3H2,1-2H3,(H,19,21). The molecule has 124 valence electrons. The Morgan fingerprint density at radius 1 is 1.21 bits per heavy atom. The van der Waals surface area contributed by atoms with Crippen LogP contribution in [0.4, 0.5) is 5.69 Å². The molecule has 0 saturated heterocycles. The lowest BCUT2D eigenvalue weighted by Gasteiger charge is -2.13. The second-order valence-corrected chi connectivity index (χ2v) is 5.33. The first-order valence-corrected chi connectivity index (χ1v) is 7.74. The van der Waals surface area contributed by atoms with Crippen LogP contribution >= 0.6 is 0 Å². The maximum Gasteiger partial charge on any atom is 0.420 e. The fourth-order valence-electron chi connectivity index (χ4n) is 2.52. The summed E-state index contributed by atoms with van der Waals surface area (Å²) in [6, 6.07) is 13.4. The van der Waals surface area contributed by atoms with Crippen LogP contribution < -0.4 is 15.8 Å². The number of anilines is 1. The molecule has 1 heterocycles. The number of amides is 1. The summed E-state index contributed by atoms with van der Waals surface area (Å²) in [5.74, 6) is -0.112. The Labute approximate surface area is 138 Å². The molecule has 6 nitrogen and oxygen atoms in total. The minimum Gasteiger partial charge on any atom is -0.494 e. The van der Waals surface area contributed by atoms with Gasteiger partial charge in [-0.15, -0.1) is 0 Å². The van der Waals surface area contributed by atoms with Crippen molar-refractivity contribution < 1.29 is 13.9 Å². The van der Waals surface area contributed by atoms with Gasteiger partial charge in [0.05, 0.1) is 12.1 Å². The highest BCUT2D eigenvalue weighted by molar-refractivity contribution is 5.94. The first-order chi connectivity index (χ1) is 11.6. The summed E-state index contributed by atoms with van der Waals surface area (Å²) in [5.41, 5.74) is 1.69. The smallest absolute Gasteiger partial charge is 0.420 e. The largest absolute Gasteiger partial charge is 0.494 e. The number of hydrogen-bond donors (Lipinski definition) is 1. The van der Waals surface area contributed by atoms with Crippen molar-refractivity contribution in [2.45, 2.75) is 19.9 Å². The summed E-state index contributed by atoms with van der Waals surface area (Å²) in [6.07, 6.45) is 0. The van der Waals surface area contributed by atoms with E-state index in [-0.39, 0.29) is 5.91 Å². The van der Waals surface area contributed by atoms with Gasteiger partial charge in [0, 0.05) is 5.69 Å². The van der Waals surface area contributed by atoms with Crippen LogP contribution in [-0.2, 0) is 4.79 Å². The number of nitrogens with one attached hydrogen (secondary N) is 1. The fourth-order valence-corrected chi connectivity index (χ4v) is 2.52. The topological polar surface area (TPSA) is 73.5 Å². The van der Waals surface area contributed by atoms with Crippen molar-refractivity contribution in [3.8, 4) is 5.75 Å². The van der Waals surface area contributed by atoms with Crippen molar-refractivity contribution in [2.75, 3.05) is 11.9 Å². The molecule has 2 aromatic carbocycles. The van der Waals surface area contributed by atoms with E-state index in [1.165, 1.54) is 4.57 Å². The lowest BCUT2D eigenvalue weighted by Crippen LogP contribution is -2.29. The second kappa shape index (κ2) is 6.62. The molecule has 0 bridgehead atoms. The van der Waals surface area contributed by atoms with Crippen LogP contribution in [0.3, 0.4) is 0 Å². The van der Waals surface area contributed by atoms with E-state index in [0.717, 1.165) is 5.75 Å². The van der Waals surface area contributed by atoms with Gasteiger partial charge < -0.3 is 14.5 Å². The molecule has 3 rings (SSSR count).